The van der Waals surface area contributed by atoms with Gasteiger partial charge in [0.25, 0.3) is 5.91 Å². The third kappa shape index (κ3) is 3.35. The number of benzene rings is 2. The molecule has 0 unspecified atom stereocenters. The fourth-order valence-electron chi connectivity index (χ4n) is 2.99. The van der Waals surface area contributed by atoms with Gasteiger partial charge in [-0.15, -0.1) is 0 Å². The van der Waals surface area contributed by atoms with Gasteiger partial charge in [-0.2, -0.15) is 0 Å². The van der Waals surface area contributed by atoms with Crippen LogP contribution in [0.3, 0.4) is 0 Å². The largest absolute Gasteiger partial charge is 0.497 e. The Kier molecular flexibility index (Phi) is 4.69. The van der Waals surface area contributed by atoms with Gasteiger partial charge in [0.1, 0.15) is 17.3 Å². The van der Waals surface area contributed by atoms with Crippen molar-refractivity contribution in [2.24, 2.45) is 0 Å². The minimum absolute atomic E-state index is 0.0620. The topological polar surface area (TPSA) is 38.8 Å². The van der Waals surface area contributed by atoms with Crippen LogP contribution in [0, 0.1) is 5.82 Å². The normalized spacial score (nSPS) is 16.5. The van der Waals surface area contributed by atoms with E-state index >= 15 is 0 Å². The average molecular weight is 329 g/mol. The predicted octanol–water partition coefficient (Wildman–Crippen LogP) is 3.58. The van der Waals surface area contributed by atoms with Crippen molar-refractivity contribution in [3.63, 3.8) is 0 Å². The van der Waals surface area contributed by atoms with Gasteiger partial charge >= 0.3 is 0 Å². The number of methoxy groups -OCH3 is 1. The number of hydrogen-bond donors (Lipinski definition) is 0. The number of hydrogen-bond acceptors (Lipinski definition) is 3. The fourth-order valence-corrected chi connectivity index (χ4v) is 2.99. The summed E-state index contributed by atoms with van der Waals surface area (Å²) < 4.78 is 24.1. The van der Waals surface area contributed by atoms with E-state index in [9.17, 15) is 9.18 Å². The van der Waals surface area contributed by atoms with Crippen LogP contribution >= 0.6 is 0 Å². The van der Waals surface area contributed by atoms with E-state index in [1.807, 2.05) is 6.92 Å². The van der Waals surface area contributed by atoms with Crippen molar-refractivity contribution in [3.8, 4) is 11.5 Å². The molecule has 1 heterocycles. The lowest BCUT2D eigenvalue weighted by atomic mass is 9.96. The van der Waals surface area contributed by atoms with E-state index in [1.165, 1.54) is 12.1 Å². The maximum absolute atomic E-state index is 13.4. The first-order valence-corrected chi connectivity index (χ1v) is 7.96. The predicted molar refractivity (Wildman–Crippen MR) is 90.2 cm³/mol. The maximum Gasteiger partial charge on any atom is 0.265 e. The first-order valence-electron chi connectivity index (χ1n) is 7.96. The molecule has 0 saturated heterocycles. The van der Waals surface area contributed by atoms with Crippen LogP contribution in [0.15, 0.2) is 42.5 Å². The molecule has 0 N–H and O–H groups in total. The summed E-state index contributed by atoms with van der Waals surface area (Å²) in [6.45, 7) is 1.94. The molecule has 0 saturated carbocycles. The zero-order valence-electron chi connectivity index (χ0n) is 13.8. The molecule has 0 aromatic heterocycles. The number of carbonyl (C=O) groups is 1. The smallest absolute Gasteiger partial charge is 0.265 e. The molecule has 3 rings (SSSR count). The van der Waals surface area contributed by atoms with Crippen LogP contribution in [0.4, 0.5) is 10.1 Å². The molecular weight excluding hydrogens is 309 g/mol. The Labute approximate surface area is 140 Å². The summed E-state index contributed by atoms with van der Waals surface area (Å²) in [5, 5.41) is 0. The van der Waals surface area contributed by atoms with Crippen LogP contribution in [0.2, 0.25) is 0 Å². The minimum atomic E-state index is -0.273. The molecule has 0 bridgehead atoms. The summed E-state index contributed by atoms with van der Waals surface area (Å²) in [5.74, 6) is 0.929. The molecule has 4 nitrogen and oxygen atoms in total. The number of fused-ring (bicyclic) bond motifs is 1. The Balaban J connectivity index is 1.72. The van der Waals surface area contributed by atoms with E-state index in [0.717, 1.165) is 29.8 Å². The summed E-state index contributed by atoms with van der Waals surface area (Å²) in [6, 6.07) is 11.7. The number of aryl methyl sites for hydroxylation is 1. The van der Waals surface area contributed by atoms with Crippen LogP contribution in [0.1, 0.15) is 18.9 Å². The van der Waals surface area contributed by atoms with Crippen molar-refractivity contribution >= 4 is 11.6 Å². The van der Waals surface area contributed by atoms with Crippen molar-refractivity contribution in [2.45, 2.75) is 25.8 Å². The van der Waals surface area contributed by atoms with Crippen molar-refractivity contribution in [2.75, 3.05) is 18.6 Å². The van der Waals surface area contributed by atoms with Gasteiger partial charge in [-0.1, -0.05) is 0 Å². The molecule has 2 aromatic carbocycles. The summed E-state index contributed by atoms with van der Waals surface area (Å²) >= 11 is 0. The second-order valence-electron chi connectivity index (χ2n) is 5.89. The lowest BCUT2D eigenvalue weighted by Gasteiger charge is -2.35. The van der Waals surface area contributed by atoms with Gasteiger partial charge in [0.05, 0.1) is 7.11 Å². The summed E-state index contributed by atoms with van der Waals surface area (Å²) in [4.78, 5) is 14.3. The number of nitrogens with zero attached hydrogens (tertiary/aromatic N) is 1. The fraction of sp³-hybridized carbons (Fsp3) is 0.316. The van der Waals surface area contributed by atoms with Crippen molar-refractivity contribution in [3.05, 3.63) is 53.8 Å². The number of halogens is 1. The van der Waals surface area contributed by atoms with Crippen LogP contribution in [-0.4, -0.2) is 25.7 Å². The Morgan fingerprint density at radius 2 is 1.92 bits per heavy atom. The van der Waals surface area contributed by atoms with Crippen molar-refractivity contribution in [1.82, 2.24) is 0 Å². The Bertz CT molecular complexity index is 730. The summed E-state index contributed by atoms with van der Waals surface area (Å²) in [5.41, 5.74) is 1.64. The molecule has 126 valence electrons. The maximum atomic E-state index is 13.4. The van der Waals surface area contributed by atoms with Gasteiger partial charge in [-0.05, 0) is 67.8 Å². The van der Waals surface area contributed by atoms with Crippen molar-refractivity contribution < 1.29 is 18.7 Å². The van der Waals surface area contributed by atoms with E-state index in [1.54, 1.807) is 42.3 Å². The molecule has 24 heavy (non-hydrogen) atoms. The highest BCUT2D eigenvalue weighted by molar-refractivity contribution is 5.96. The Morgan fingerprint density at radius 3 is 2.62 bits per heavy atom. The number of ether oxygens (including phenoxy) is 2. The van der Waals surface area contributed by atoms with Crippen LogP contribution in [0.5, 0.6) is 11.5 Å². The number of rotatable bonds is 4. The molecule has 0 spiro atoms. The van der Waals surface area contributed by atoms with E-state index in [4.69, 9.17) is 9.47 Å². The average Bonchev–Trinajstić information content (AvgIpc) is 2.60. The molecule has 1 amide bonds. The molecule has 0 radical (unpaired) electrons. The van der Waals surface area contributed by atoms with E-state index in [-0.39, 0.29) is 24.4 Å². The molecule has 2 aromatic rings. The van der Waals surface area contributed by atoms with Crippen LogP contribution < -0.4 is 14.4 Å². The zero-order chi connectivity index (χ0) is 17.1. The molecular formula is C19H20FNO3. The molecule has 5 heteroatoms. The number of anilines is 1. The van der Waals surface area contributed by atoms with Gasteiger partial charge < -0.3 is 14.4 Å². The molecule has 0 fully saturated rings. The van der Waals surface area contributed by atoms with Gasteiger partial charge in [-0.25, -0.2) is 4.39 Å². The highest BCUT2D eigenvalue weighted by atomic mass is 19.1. The van der Waals surface area contributed by atoms with Crippen molar-refractivity contribution in [1.29, 1.82) is 0 Å². The third-order valence-electron chi connectivity index (χ3n) is 4.26. The monoisotopic (exact) mass is 329 g/mol. The number of amides is 1. The highest BCUT2D eigenvalue weighted by Crippen LogP contribution is 2.31. The van der Waals surface area contributed by atoms with Gasteiger partial charge in [0.15, 0.2) is 6.61 Å². The van der Waals surface area contributed by atoms with Crippen LogP contribution in [-0.2, 0) is 11.2 Å². The Hall–Kier alpha value is -2.56. The van der Waals surface area contributed by atoms with Crippen LogP contribution in [0.25, 0.3) is 0 Å². The molecule has 0 aliphatic carbocycles. The lowest BCUT2D eigenvalue weighted by molar-refractivity contribution is -0.121. The van der Waals surface area contributed by atoms with E-state index in [2.05, 4.69) is 0 Å². The van der Waals surface area contributed by atoms with Gasteiger partial charge in [0.2, 0.25) is 0 Å². The first-order chi connectivity index (χ1) is 11.6. The highest BCUT2D eigenvalue weighted by Gasteiger charge is 2.28. The molecule has 1 atom stereocenters. The second-order valence-corrected chi connectivity index (χ2v) is 5.89. The quantitative estimate of drug-likeness (QED) is 0.860. The van der Waals surface area contributed by atoms with Gasteiger partial charge in [-0.3, -0.25) is 4.79 Å². The van der Waals surface area contributed by atoms with E-state index < -0.39 is 0 Å². The lowest BCUT2D eigenvalue weighted by Crippen LogP contribution is -2.44. The second kappa shape index (κ2) is 6.91. The molecule has 1 aliphatic heterocycles. The molecule has 1 aliphatic rings. The first kappa shape index (κ1) is 16.3. The zero-order valence-corrected chi connectivity index (χ0v) is 13.8. The third-order valence-corrected chi connectivity index (χ3v) is 4.26. The summed E-state index contributed by atoms with van der Waals surface area (Å²) in [6.07, 6.45) is 1.59. The SMILES string of the molecule is COc1ccc(OCC(=O)N2c3ccc(F)cc3CC[C@@H]2C)cc1. The minimum Gasteiger partial charge on any atom is -0.497 e. The summed E-state index contributed by atoms with van der Waals surface area (Å²) in [7, 11) is 1.59. The standard InChI is InChI=1S/C19H20FNO3/c1-13-3-4-14-11-15(20)5-10-18(14)21(13)19(22)12-24-17-8-6-16(23-2)7-9-17/h5-11,13H,3-4,12H2,1-2H3/t13-/m0/s1. The number of carbonyl (C=O) groups excluding carboxylic acids is 1. The Morgan fingerprint density at radius 1 is 1.21 bits per heavy atom. The van der Waals surface area contributed by atoms with Gasteiger partial charge in [0, 0.05) is 11.7 Å². The van der Waals surface area contributed by atoms with E-state index in [0.29, 0.717) is 5.75 Å².